The third kappa shape index (κ3) is 3.81. The second-order valence-electron chi connectivity index (χ2n) is 4.05. The van der Waals surface area contributed by atoms with Crippen molar-refractivity contribution in [1.82, 2.24) is 25.5 Å². The molecule has 8 heteroatoms. The zero-order valence-electron chi connectivity index (χ0n) is 10.5. The van der Waals surface area contributed by atoms with Crippen molar-refractivity contribution in [1.29, 1.82) is 0 Å². The van der Waals surface area contributed by atoms with Crippen molar-refractivity contribution >= 4 is 5.69 Å². The van der Waals surface area contributed by atoms with E-state index in [-0.39, 0.29) is 5.69 Å². The van der Waals surface area contributed by atoms with Crippen molar-refractivity contribution in [2.45, 2.75) is 13.0 Å². The van der Waals surface area contributed by atoms with Crippen LogP contribution in [0.2, 0.25) is 0 Å². The zero-order valence-corrected chi connectivity index (χ0v) is 10.5. The lowest BCUT2D eigenvalue weighted by molar-refractivity contribution is -0.384. The number of aromatic nitrogens is 4. The fourth-order valence-electron chi connectivity index (χ4n) is 1.61. The predicted molar refractivity (Wildman–Crippen MR) is 67.3 cm³/mol. The van der Waals surface area contributed by atoms with Crippen LogP contribution >= 0.6 is 0 Å². The number of nitrogens with zero attached hydrogens (tertiary/aromatic N) is 5. The Labute approximate surface area is 109 Å². The van der Waals surface area contributed by atoms with Crippen molar-refractivity contribution in [2.75, 3.05) is 6.54 Å². The molecule has 0 fully saturated rings. The zero-order chi connectivity index (χ0) is 13.7. The van der Waals surface area contributed by atoms with E-state index < -0.39 is 4.92 Å². The van der Waals surface area contributed by atoms with Crippen molar-refractivity contribution in [3.05, 3.63) is 45.8 Å². The van der Waals surface area contributed by atoms with Gasteiger partial charge in [-0.2, -0.15) is 4.80 Å². The summed E-state index contributed by atoms with van der Waals surface area (Å²) in [6.07, 6.45) is 0.790. The van der Waals surface area contributed by atoms with Crippen molar-refractivity contribution in [3.63, 3.8) is 0 Å². The standard InChI is InChI=1S/C11H14N6O2/c1-16-14-11(13-15-16)8-12-7-6-9-2-4-10(5-3-9)17(18)19/h2-5,12H,6-8H2,1H3. The van der Waals surface area contributed by atoms with Gasteiger partial charge in [-0.15, -0.1) is 10.2 Å². The van der Waals surface area contributed by atoms with Gasteiger partial charge >= 0.3 is 0 Å². The molecule has 0 unspecified atom stereocenters. The number of nitro groups is 1. The van der Waals surface area contributed by atoms with Gasteiger partial charge in [-0.05, 0) is 23.7 Å². The lowest BCUT2D eigenvalue weighted by Crippen LogP contribution is -2.17. The van der Waals surface area contributed by atoms with Gasteiger partial charge in [-0.1, -0.05) is 12.1 Å². The molecule has 2 rings (SSSR count). The lowest BCUT2D eigenvalue weighted by atomic mass is 10.1. The highest BCUT2D eigenvalue weighted by atomic mass is 16.6. The molecule has 0 spiro atoms. The first-order valence-corrected chi connectivity index (χ1v) is 5.82. The van der Waals surface area contributed by atoms with E-state index in [4.69, 9.17) is 0 Å². The highest BCUT2D eigenvalue weighted by Gasteiger charge is 2.04. The quantitative estimate of drug-likeness (QED) is 0.461. The molecule has 2 aromatic rings. The van der Waals surface area contributed by atoms with E-state index in [9.17, 15) is 10.1 Å². The van der Waals surface area contributed by atoms with Gasteiger partial charge in [0.1, 0.15) is 0 Å². The maximum atomic E-state index is 10.5. The molecule has 0 aliphatic heterocycles. The minimum absolute atomic E-state index is 0.112. The topological polar surface area (TPSA) is 98.8 Å². The van der Waals surface area contributed by atoms with Crippen LogP contribution in [0.3, 0.4) is 0 Å². The first-order valence-electron chi connectivity index (χ1n) is 5.82. The molecule has 0 radical (unpaired) electrons. The number of benzene rings is 1. The summed E-state index contributed by atoms with van der Waals surface area (Å²) in [6, 6.07) is 6.56. The summed E-state index contributed by atoms with van der Waals surface area (Å²) in [4.78, 5) is 11.5. The number of nitrogens with one attached hydrogen (secondary N) is 1. The van der Waals surface area contributed by atoms with Gasteiger partial charge < -0.3 is 5.32 Å². The van der Waals surface area contributed by atoms with E-state index in [2.05, 4.69) is 20.7 Å². The summed E-state index contributed by atoms with van der Waals surface area (Å²) in [5.41, 5.74) is 1.16. The average Bonchev–Trinajstić information content (AvgIpc) is 2.81. The fourth-order valence-corrected chi connectivity index (χ4v) is 1.61. The van der Waals surface area contributed by atoms with Crippen molar-refractivity contribution in [2.24, 2.45) is 7.05 Å². The summed E-state index contributed by atoms with van der Waals surface area (Å²) in [6.45, 7) is 1.30. The molecule has 0 amide bonds. The second-order valence-corrected chi connectivity index (χ2v) is 4.05. The molecule has 0 saturated carbocycles. The predicted octanol–water partition coefficient (Wildman–Crippen LogP) is 0.451. The first-order chi connectivity index (χ1) is 9.15. The van der Waals surface area contributed by atoms with Crippen LogP contribution in [0, 0.1) is 10.1 Å². The molecule has 19 heavy (non-hydrogen) atoms. The number of hydrogen-bond acceptors (Lipinski definition) is 6. The lowest BCUT2D eigenvalue weighted by Gasteiger charge is -2.02. The van der Waals surface area contributed by atoms with E-state index in [0.717, 1.165) is 18.5 Å². The third-order valence-corrected chi connectivity index (χ3v) is 2.57. The summed E-state index contributed by atoms with van der Waals surface area (Å²) in [5, 5.41) is 25.3. The molecule has 0 aliphatic rings. The van der Waals surface area contributed by atoms with Crippen LogP contribution in [0.1, 0.15) is 11.4 Å². The Hall–Kier alpha value is -2.35. The van der Waals surface area contributed by atoms with E-state index in [1.165, 1.54) is 16.9 Å². The molecule has 100 valence electrons. The second kappa shape index (κ2) is 6.01. The Morgan fingerprint density at radius 2 is 2.11 bits per heavy atom. The molecule has 1 aromatic heterocycles. The van der Waals surface area contributed by atoms with Gasteiger partial charge in [-0.3, -0.25) is 10.1 Å². The van der Waals surface area contributed by atoms with Gasteiger partial charge in [-0.25, -0.2) is 0 Å². The molecular weight excluding hydrogens is 248 g/mol. The van der Waals surface area contributed by atoms with E-state index in [0.29, 0.717) is 12.4 Å². The Morgan fingerprint density at radius 1 is 1.37 bits per heavy atom. The number of rotatable bonds is 6. The van der Waals surface area contributed by atoms with Gasteiger partial charge in [0, 0.05) is 12.1 Å². The van der Waals surface area contributed by atoms with Crippen LogP contribution in [-0.2, 0) is 20.0 Å². The van der Waals surface area contributed by atoms with Crippen molar-refractivity contribution < 1.29 is 4.92 Å². The Balaban J connectivity index is 1.75. The number of non-ortho nitro benzene ring substituents is 1. The molecule has 0 atom stereocenters. The summed E-state index contributed by atoms with van der Waals surface area (Å²) in [5.74, 6) is 0.645. The largest absolute Gasteiger partial charge is 0.309 e. The molecule has 1 aromatic carbocycles. The summed E-state index contributed by atoms with van der Waals surface area (Å²) in [7, 11) is 1.72. The molecule has 1 heterocycles. The van der Waals surface area contributed by atoms with Crippen LogP contribution in [0.5, 0.6) is 0 Å². The van der Waals surface area contributed by atoms with Gasteiger partial charge in [0.2, 0.25) is 0 Å². The third-order valence-electron chi connectivity index (χ3n) is 2.57. The molecule has 1 N–H and O–H groups in total. The van der Waals surface area contributed by atoms with E-state index in [1.807, 2.05) is 0 Å². The molecule has 0 bridgehead atoms. The molecule has 0 aliphatic carbocycles. The summed E-state index contributed by atoms with van der Waals surface area (Å²) >= 11 is 0. The molecule has 0 saturated heterocycles. The number of hydrogen-bond donors (Lipinski definition) is 1. The smallest absolute Gasteiger partial charge is 0.269 e. The Bertz CT molecular complexity index is 551. The van der Waals surface area contributed by atoms with Crippen LogP contribution in [0.25, 0.3) is 0 Å². The minimum atomic E-state index is -0.401. The van der Waals surface area contributed by atoms with Gasteiger partial charge in [0.15, 0.2) is 5.82 Å². The highest BCUT2D eigenvalue weighted by Crippen LogP contribution is 2.11. The number of aryl methyl sites for hydroxylation is 1. The molecule has 8 nitrogen and oxygen atoms in total. The fraction of sp³-hybridized carbons (Fsp3) is 0.364. The minimum Gasteiger partial charge on any atom is -0.309 e. The highest BCUT2D eigenvalue weighted by molar-refractivity contribution is 5.32. The average molecular weight is 262 g/mol. The van der Waals surface area contributed by atoms with E-state index >= 15 is 0 Å². The molecular formula is C11H14N6O2. The van der Waals surface area contributed by atoms with Crippen LogP contribution in [0.15, 0.2) is 24.3 Å². The SMILES string of the molecule is Cn1nnc(CNCCc2ccc([N+](=O)[O-])cc2)n1. The normalized spacial score (nSPS) is 10.6. The van der Waals surface area contributed by atoms with Crippen LogP contribution in [-0.4, -0.2) is 31.7 Å². The maximum absolute atomic E-state index is 10.5. The summed E-state index contributed by atoms with van der Waals surface area (Å²) < 4.78 is 0. The van der Waals surface area contributed by atoms with Gasteiger partial charge in [0.25, 0.3) is 5.69 Å². The number of tetrazole rings is 1. The monoisotopic (exact) mass is 262 g/mol. The van der Waals surface area contributed by atoms with Gasteiger partial charge in [0.05, 0.1) is 18.5 Å². The Morgan fingerprint density at radius 3 is 2.68 bits per heavy atom. The number of nitro benzene ring substituents is 1. The van der Waals surface area contributed by atoms with Crippen LogP contribution in [0.4, 0.5) is 5.69 Å². The first kappa shape index (κ1) is 13.1. The van der Waals surface area contributed by atoms with Crippen molar-refractivity contribution in [3.8, 4) is 0 Å². The maximum Gasteiger partial charge on any atom is 0.269 e. The van der Waals surface area contributed by atoms with E-state index in [1.54, 1.807) is 19.2 Å². The van der Waals surface area contributed by atoms with Crippen LogP contribution < -0.4 is 5.32 Å². The Kier molecular flexibility index (Phi) is 4.14.